The number of carbonyl (C=O) groups excluding carboxylic acids is 1. The van der Waals surface area contributed by atoms with Gasteiger partial charge in [-0.15, -0.1) is 0 Å². The highest BCUT2D eigenvalue weighted by Gasteiger charge is 2.30. The maximum absolute atomic E-state index is 12.6. The molecule has 0 aliphatic carbocycles. The zero-order valence-corrected chi connectivity index (χ0v) is 11.2. The maximum Gasteiger partial charge on any atom is 0.416 e. The summed E-state index contributed by atoms with van der Waals surface area (Å²) < 4.78 is 42.7. The number of oxazole rings is 1. The minimum absolute atomic E-state index is 0.0168. The van der Waals surface area contributed by atoms with Gasteiger partial charge in [-0.25, -0.2) is 4.98 Å². The number of nitrogens with zero attached hydrogens (tertiary/aromatic N) is 1. The van der Waals surface area contributed by atoms with Gasteiger partial charge in [0.15, 0.2) is 11.6 Å². The Morgan fingerprint density at radius 1 is 1.38 bits per heavy atom. The monoisotopic (exact) mass is 298 g/mol. The fraction of sp³-hybridized carbons (Fsp3) is 0.286. The second kappa shape index (κ2) is 5.99. The van der Waals surface area contributed by atoms with Gasteiger partial charge in [-0.2, -0.15) is 13.2 Å². The molecule has 1 amide bonds. The minimum Gasteiger partial charge on any atom is -0.448 e. The van der Waals surface area contributed by atoms with Gasteiger partial charge in [0.1, 0.15) is 6.26 Å². The molecule has 1 aromatic carbocycles. The van der Waals surface area contributed by atoms with Crippen LogP contribution in [0.1, 0.15) is 34.4 Å². The van der Waals surface area contributed by atoms with Crippen molar-refractivity contribution < 1.29 is 22.4 Å². The van der Waals surface area contributed by atoms with Crippen molar-refractivity contribution in [1.82, 2.24) is 10.3 Å². The van der Waals surface area contributed by atoms with E-state index >= 15 is 0 Å². The Bertz CT molecular complexity index is 635. The van der Waals surface area contributed by atoms with E-state index in [1.165, 1.54) is 18.4 Å². The first kappa shape index (κ1) is 15.1. The molecule has 1 heterocycles. The summed E-state index contributed by atoms with van der Waals surface area (Å²) >= 11 is 0. The Morgan fingerprint density at radius 2 is 2.14 bits per heavy atom. The van der Waals surface area contributed by atoms with E-state index in [9.17, 15) is 18.0 Å². The lowest BCUT2D eigenvalue weighted by atomic mass is 10.1. The summed E-state index contributed by atoms with van der Waals surface area (Å²) in [6, 6.07) is 4.79. The molecule has 7 heteroatoms. The normalized spacial score (nSPS) is 11.4. The fourth-order valence-electron chi connectivity index (χ4n) is 1.71. The minimum atomic E-state index is -4.40. The standard InChI is InChI=1S/C14H13F3N2O2/c1-2-12-19-11(8-21-12)13(20)18-7-9-4-3-5-10(6-9)14(15,16)17/h3-6,8H,2,7H2,1H3,(H,18,20). The zero-order chi connectivity index (χ0) is 15.5. The molecule has 0 saturated heterocycles. The number of hydrogen-bond acceptors (Lipinski definition) is 3. The van der Waals surface area contributed by atoms with Gasteiger partial charge in [0.05, 0.1) is 5.56 Å². The van der Waals surface area contributed by atoms with E-state index in [0.29, 0.717) is 17.9 Å². The van der Waals surface area contributed by atoms with Crippen LogP contribution in [0.15, 0.2) is 34.9 Å². The predicted octanol–water partition coefficient (Wildman–Crippen LogP) is 3.19. The first-order valence-corrected chi connectivity index (χ1v) is 6.29. The van der Waals surface area contributed by atoms with Crippen LogP contribution in [-0.4, -0.2) is 10.9 Å². The Labute approximate surface area is 119 Å². The molecule has 0 bridgehead atoms. The molecule has 0 fully saturated rings. The molecule has 1 N–H and O–H groups in total. The van der Waals surface area contributed by atoms with E-state index in [0.717, 1.165) is 12.1 Å². The highest BCUT2D eigenvalue weighted by Crippen LogP contribution is 2.29. The smallest absolute Gasteiger partial charge is 0.416 e. The van der Waals surface area contributed by atoms with Crippen molar-refractivity contribution in [1.29, 1.82) is 0 Å². The van der Waals surface area contributed by atoms with Gasteiger partial charge in [-0.3, -0.25) is 4.79 Å². The molecular formula is C14H13F3N2O2. The van der Waals surface area contributed by atoms with Crippen LogP contribution in [0.2, 0.25) is 0 Å². The fourth-order valence-corrected chi connectivity index (χ4v) is 1.71. The van der Waals surface area contributed by atoms with E-state index in [2.05, 4.69) is 10.3 Å². The van der Waals surface area contributed by atoms with Gasteiger partial charge in [-0.05, 0) is 17.7 Å². The third kappa shape index (κ3) is 3.84. The summed E-state index contributed by atoms with van der Waals surface area (Å²) in [4.78, 5) is 15.7. The van der Waals surface area contributed by atoms with Crippen LogP contribution in [0.4, 0.5) is 13.2 Å². The quantitative estimate of drug-likeness (QED) is 0.943. The third-order valence-corrected chi connectivity index (χ3v) is 2.79. The number of benzene rings is 1. The number of nitrogens with one attached hydrogen (secondary N) is 1. The van der Waals surface area contributed by atoms with Crippen LogP contribution in [-0.2, 0) is 19.1 Å². The van der Waals surface area contributed by atoms with Gasteiger partial charge >= 0.3 is 6.18 Å². The number of carbonyl (C=O) groups is 1. The second-order valence-corrected chi connectivity index (χ2v) is 4.36. The molecular weight excluding hydrogens is 285 g/mol. The first-order valence-electron chi connectivity index (χ1n) is 6.29. The number of alkyl halides is 3. The summed E-state index contributed by atoms with van der Waals surface area (Å²) in [5, 5.41) is 2.50. The SMILES string of the molecule is CCc1nc(C(=O)NCc2cccc(C(F)(F)F)c2)co1. The van der Waals surface area contributed by atoms with Crippen molar-refractivity contribution in [2.45, 2.75) is 26.1 Å². The van der Waals surface area contributed by atoms with Crippen molar-refractivity contribution >= 4 is 5.91 Å². The molecule has 112 valence electrons. The number of halogens is 3. The molecule has 0 unspecified atom stereocenters. The number of rotatable bonds is 4. The van der Waals surface area contributed by atoms with Gasteiger partial charge in [0.25, 0.3) is 5.91 Å². The van der Waals surface area contributed by atoms with Gasteiger partial charge < -0.3 is 9.73 Å². The van der Waals surface area contributed by atoms with Gasteiger partial charge in [0, 0.05) is 13.0 Å². The zero-order valence-electron chi connectivity index (χ0n) is 11.2. The average Bonchev–Trinajstić information content (AvgIpc) is 2.93. The van der Waals surface area contributed by atoms with E-state index in [1.807, 2.05) is 6.92 Å². The summed E-state index contributed by atoms with van der Waals surface area (Å²) in [7, 11) is 0. The van der Waals surface area contributed by atoms with Crippen molar-refractivity contribution in [3.8, 4) is 0 Å². The van der Waals surface area contributed by atoms with E-state index in [-0.39, 0.29) is 12.2 Å². The van der Waals surface area contributed by atoms with Crippen LogP contribution < -0.4 is 5.32 Å². The number of amides is 1. The average molecular weight is 298 g/mol. The Morgan fingerprint density at radius 3 is 2.76 bits per heavy atom. The lowest BCUT2D eigenvalue weighted by Gasteiger charge is -2.09. The van der Waals surface area contributed by atoms with E-state index in [4.69, 9.17) is 4.42 Å². The van der Waals surface area contributed by atoms with Crippen LogP contribution in [0, 0.1) is 0 Å². The molecule has 4 nitrogen and oxygen atoms in total. The second-order valence-electron chi connectivity index (χ2n) is 4.36. The molecule has 0 radical (unpaired) electrons. The predicted molar refractivity (Wildman–Crippen MR) is 68.5 cm³/mol. The van der Waals surface area contributed by atoms with Crippen LogP contribution in [0.5, 0.6) is 0 Å². The van der Waals surface area contributed by atoms with E-state index in [1.54, 1.807) is 0 Å². The van der Waals surface area contributed by atoms with Gasteiger partial charge in [-0.1, -0.05) is 19.1 Å². The Balaban J connectivity index is 2.01. The van der Waals surface area contributed by atoms with Crippen LogP contribution in [0.3, 0.4) is 0 Å². The lowest BCUT2D eigenvalue weighted by Crippen LogP contribution is -2.23. The summed E-state index contributed by atoms with van der Waals surface area (Å²) in [5.74, 6) is -0.0601. The topological polar surface area (TPSA) is 55.1 Å². The van der Waals surface area contributed by atoms with Gasteiger partial charge in [0.2, 0.25) is 0 Å². The van der Waals surface area contributed by atoms with Crippen LogP contribution in [0.25, 0.3) is 0 Å². The molecule has 0 saturated carbocycles. The first-order chi connectivity index (χ1) is 9.90. The van der Waals surface area contributed by atoms with Crippen molar-refractivity contribution in [3.05, 3.63) is 53.2 Å². The number of hydrogen-bond donors (Lipinski definition) is 1. The maximum atomic E-state index is 12.6. The van der Waals surface area contributed by atoms with Crippen LogP contribution >= 0.6 is 0 Å². The summed E-state index contributed by atoms with van der Waals surface area (Å²) in [5.41, 5.74) is -0.278. The molecule has 0 spiro atoms. The summed E-state index contributed by atoms with van der Waals surface area (Å²) in [6.45, 7) is 1.81. The molecule has 0 aliphatic rings. The third-order valence-electron chi connectivity index (χ3n) is 2.79. The number of aryl methyl sites for hydroxylation is 1. The summed E-state index contributed by atoms with van der Waals surface area (Å²) in [6.07, 6.45) is -2.62. The molecule has 1 aromatic heterocycles. The Kier molecular flexibility index (Phi) is 4.30. The largest absolute Gasteiger partial charge is 0.448 e. The Hall–Kier alpha value is -2.31. The molecule has 0 aliphatic heterocycles. The highest BCUT2D eigenvalue weighted by atomic mass is 19.4. The molecule has 0 atom stereocenters. The highest BCUT2D eigenvalue weighted by molar-refractivity contribution is 5.91. The van der Waals surface area contributed by atoms with E-state index < -0.39 is 17.6 Å². The molecule has 21 heavy (non-hydrogen) atoms. The lowest BCUT2D eigenvalue weighted by molar-refractivity contribution is -0.137. The number of aromatic nitrogens is 1. The molecule has 2 rings (SSSR count). The molecule has 2 aromatic rings. The van der Waals surface area contributed by atoms with Crippen molar-refractivity contribution in [3.63, 3.8) is 0 Å². The van der Waals surface area contributed by atoms with Crippen molar-refractivity contribution in [2.24, 2.45) is 0 Å². The van der Waals surface area contributed by atoms with Crippen molar-refractivity contribution in [2.75, 3.05) is 0 Å².